The van der Waals surface area contributed by atoms with Crippen molar-refractivity contribution in [2.75, 3.05) is 20.2 Å². The second-order valence-electron chi connectivity index (χ2n) is 5.17. The van der Waals surface area contributed by atoms with Gasteiger partial charge < -0.3 is 9.64 Å². The van der Waals surface area contributed by atoms with Gasteiger partial charge in [-0.05, 0) is 30.3 Å². The van der Waals surface area contributed by atoms with E-state index in [1.54, 1.807) is 36.3 Å². The molecule has 1 heterocycles. The third-order valence-corrected chi connectivity index (χ3v) is 3.56. The minimum Gasteiger partial charge on any atom is -0.492 e. The monoisotopic (exact) mass is 313 g/mol. The van der Waals surface area contributed by atoms with Gasteiger partial charge in [0.1, 0.15) is 18.2 Å². The number of aromatic amines is 1. The second kappa shape index (κ2) is 6.48. The van der Waals surface area contributed by atoms with Crippen LogP contribution in [0.3, 0.4) is 0 Å². The van der Waals surface area contributed by atoms with Gasteiger partial charge in [0, 0.05) is 12.4 Å². The predicted octanol–water partition coefficient (Wildman–Crippen LogP) is 2.85. The molecule has 2 aromatic carbocycles. The molecule has 0 saturated heterocycles. The lowest BCUT2D eigenvalue weighted by molar-refractivity contribution is 0.0775. The van der Waals surface area contributed by atoms with E-state index in [0.29, 0.717) is 24.5 Å². The molecule has 1 amide bonds. The van der Waals surface area contributed by atoms with Gasteiger partial charge in [0.2, 0.25) is 0 Å². The zero-order valence-electron chi connectivity index (χ0n) is 12.6. The van der Waals surface area contributed by atoms with Crippen LogP contribution in [0.25, 0.3) is 10.9 Å². The number of nitrogens with one attached hydrogen (secondary N) is 1. The number of carbonyl (C=O) groups is 1. The summed E-state index contributed by atoms with van der Waals surface area (Å²) in [6.45, 7) is 0.744. The zero-order chi connectivity index (χ0) is 16.2. The summed E-state index contributed by atoms with van der Waals surface area (Å²) >= 11 is 0. The molecule has 0 unspecified atom stereocenters. The van der Waals surface area contributed by atoms with Gasteiger partial charge in [-0.1, -0.05) is 12.1 Å². The lowest BCUT2D eigenvalue weighted by Gasteiger charge is -2.18. The maximum atomic E-state index is 12.8. The smallest absolute Gasteiger partial charge is 0.255 e. The number of rotatable bonds is 5. The van der Waals surface area contributed by atoms with Crippen LogP contribution in [0.1, 0.15) is 10.4 Å². The number of halogens is 1. The Hall–Kier alpha value is -2.89. The van der Waals surface area contributed by atoms with Crippen molar-refractivity contribution in [1.82, 2.24) is 15.1 Å². The Morgan fingerprint density at radius 2 is 2.04 bits per heavy atom. The first-order valence-corrected chi connectivity index (χ1v) is 7.21. The molecule has 1 aromatic heterocycles. The van der Waals surface area contributed by atoms with Gasteiger partial charge in [-0.25, -0.2) is 4.39 Å². The van der Waals surface area contributed by atoms with Gasteiger partial charge in [-0.15, -0.1) is 0 Å². The third-order valence-electron chi connectivity index (χ3n) is 3.56. The molecule has 3 aromatic rings. The van der Waals surface area contributed by atoms with Crippen molar-refractivity contribution in [1.29, 1.82) is 0 Å². The SMILES string of the molecule is CN(CCOc1ccc(F)cc1)C(=O)c1cccc2cn[nH]c12. The van der Waals surface area contributed by atoms with E-state index < -0.39 is 0 Å². The Bertz CT molecular complexity index is 814. The van der Waals surface area contributed by atoms with E-state index in [1.165, 1.54) is 12.1 Å². The van der Waals surface area contributed by atoms with Crippen molar-refractivity contribution in [3.05, 3.63) is 60.0 Å². The molecule has 118 valence electrons. The summed E-state index contributed by atoms with van der Waals surface area (Å²) in [6, 6.07) is 11.3. The Kier molecular flexibility index (Phi) is 4.23. The first kappa shape index (κ1) is 15.0. The number of amides is 1. The lowest BCUT2D eigenvalue weighted by Crippen LogP contribution is -2.31. The number of ether oxygens (including phenoxy) is 1. The largest absolute Gasteiger partial charge is 0.492 e. The number of hydrogen-bond acceptors (Lipinski definition) is 3. The molecule has 0 aliphatic rings. The Balaban J connectivity index is 1.61. The van der Waals surface area contributed by atoms with E-state index >= 15 is 0 Å². The molecule has 0 fully saturated rings. The number of nitrogens with zero attached hydrogens (tertiary/aromatic N) is 2. The maximum Gasteiger partial charge on any atom is 0.255 e. The highest BCUT2D eigenvalue weighted by molar-refractivity contribution is 6.05. The van der Waals surface area contributed by atoms with Crippen LogP contribution in [-0.2, 0) is 0 Å². The van der Waals surface area contributed by atoms with Crippen LogP contribution in [0.4, 0.5) is 4.39 Å². The number of carbonyl (C=O) groups excluding carboxylic acids is 1. The normalized spacial score (nSPS) is 10.7. The van der Waals surface area contributed by atoms with Crippen LogP contribution in [0.15, 0.2) is 48.7 Å². The van der Waals surface area contributed by atoms with Crippen LogP contribution in [0, 0.1) is 5.82 Å². The first-order chi connectivity index (χ1) is 11.1. The van der Waals surface area contributed by atoms with Crippen molar-refractivity contribution >= 4 is 16.8 Å². The van der Waals surface area contributed by atoms with E-state index in [4.69, 9.17) is 4.74 Å². The molecule has 6 heteroatoms. The molecular weight excluding hydrogens is 297 g/mol. The van der Waals surface area contributed by atoms with Gasteiger partial charge in [-0.2, -0.15) is 5.10 Å². The van der Waals surface area contributed by atoms with Crippen molar-refractivity contribution in [3.8, 4) is 5.75 Å². The minimum atomic E-state index is -0.308. The number of H-pyrrole nitrogens is 1. The number of aromatic nitrogens is 2. The molecule has 0 bridgehead atoms. The van der Waals surface area contributed by atoms with Crippen LogP contribution >= 0.6 is 0 Å². The number of hydrogen-bond donors (Lipinski definition) is 1. The molecule has 0 spiro atoms. The molecule has 0 aliphatic heterocycles. The van der Waals surface area contributed by atoms with Gasteiger partial charge in [0.05, 0.1) is 23.8 Å². The molecule has 3 rings (SSSR count). The number of para-hydroxylation sites is 1. The Morgan fingerprint density at radius 3 is 2.83 bits per heavy atom. The molecule has 0 radical (unpaired) electrons. The average Bonchev–Trinajstić information content (AvgIpc) is 3.04. The maximum absolute atomic E-state index is 12.8. The summed E-state index contributed by atoms with van der Waals surface area (Å²) in [6.07, 6.45) is 1.68. The van der Waals surface area contributed by atoms with E-state index in [0.717, 1.165) is 10.9 Å². The van der Waals surface area contributed by atoms with Crippen molar-refractivity contribution < 1.29 is 13.9 Å². The fourth-order valence-electron chi connectivity index (χ4n) is 2.29. The highest BCUT2D eigenvalue weighted by atomic mass is 19.1. The van der Waals surface area contributed by atoms with Gasteiger partial charge in [-0.3, -0.25) is 9.89 Å². The highest BCUT2D eigenvalue weighted by Gasteiger charge is 2.15. The van der Waals surface area contributed by atoms with E-state index in [-0.39, 0.29) is 11.7 Å². The lowest BCUT2D eigenvalue weighted by atomic mass is 10.1. The molecule has 0 aliphatic carbocycles. The van der Waals surface area contributed by atoms with Gasteiger partial charge >= 0.3 is 0 Å². The summed E-state index contributed by atoms with van der Waals surface area (Å²) < 4.78 is 18.3. The molecule has 0 saturated carbocycles. The minimum absolute atomic E-state index is 0.109. The van der Waals surface area contributed by atoms with Crippen LogP contribution in [0.5, 0.6) is 5.75 Å². The summed E-state index contributed by atoms with van der Waals surface area (Å²) in [4.78, 5) is 14.1. The molecule has 1 N–H and O–H groups in total. The third kappa shape index (κ3) is 3.31. The Labute approximate surface area is 132 Å². The topological polar surface area (TPSA) is 58.2 Å². The van der Waals surface area contributed by atoms with Crippen LogP contribution < -0.4 is 4.74 Å². The van der Waals surface area contributed by atoms with Crippen molar-refractivity contribution in [2.24, 2.45) is 0 Å². The number of benzene rings is 2. The second-order valence-corrected chi connectivity index (χ2v) is 5.17. The summed E-state index contributed by atoms with van der Waals surface area (Å²) in [5.74, 6) is 0.155. The van der Waals surface area contributed by atoms with E-state index in [1.807, 2.05) is 12.1 Å². The number of fused-ring (bicyclic) bond motifs is 1. The van der Waals surface area contributed by atoms with Gasteiger partial charge in [0.15, 0.2) is 0 Å². The first-order valence-electron chi connectivity index (χ1n) is 7.21. The fourth-order valence-corrected chi connectivity index (χ4v) is 2.29. The quantitative estimate of drug-likeness (QED) is 0.788. The van der Waals surface area contributed by atoms with E-state index in [9.17, 15) is 9.18 Å². The van der Waals surface area contributed by atoms with Gasteiger partial charge in [0.25, 0.3) is 5.91 Å². The molecule has 0 atom stereocenters. The summed E-state index contributed by atoms with van der Waals surface area (Å²) in [5.41, 5.74) is 1.30. The molecular formula is C17H16FN3O2. The summed E-state index contributed by atoms with van der Waals surface area (Å²) in [7, 11) is 1.71. The number of likely N-dealkylation sites (N-methyl/N-ethyl adjacent to an activating group) is 1. The summed E-state index contributed by atoms with van der Waals surface area (Å²) in [5, 5.41) is 7.70. The van der Waals surface area contributed by atoms with Crippen LogP contribution in [0.2, 0.25) is 0 Å². The fraction of sp³-hybridized carbons (Fsp3) is 0.176. The standard InChI is InChI=1S/C17H16FN3O2/c1-21(9-10-23-14-7-5-13(18)6-8-14)17(22)15-4-2-3-12-11-19-20-16(12)15/h2-8,11H,9-10H2,1H3,(H,19,20). The molecule has 5 nitrogen and oxygen atoms in total. The average molecular weight is 313 g/mol. The Morgan fingerprint density at radius 1 is 1.26 bits per heavy atom. The van der Waals surface area contributed by atoms with Crippen molar-refractivity contribution in [2.45, 2.75) is 0 Å². The predicted molar refractivity (Wildman–Crippen MR) is 84.9 cm³/mol. The van der Waals surface area contributed by atoms with E-state index in [2.05, 4.69) is 10.2 Å². The van der Waals surface area contributed by atoms with Crippen molar-refractivity contribution in [3.63, 3.8) is 0 Å². The molecule has 23 heavy (non-hydrogen) atoms. The highest BCUT2D eigenvalue weighted by Crippen LogP contribution is 2.17. The zero-order valence-corrected chi connectivity index (χ0v) is 12.6. The van der Waals surface area contributed by atoms with Crippen LogP contribution in [-0.4, -0.2) is 41.2 Å².